The van der Waals surface area contributed by atoms with Crippen LogP contribution < -0.4 is 0 Å². The van der Waals surface area contributed by atoms with Crippen LogP contribution in [0.2, 0.25) is 0 Å². The molecule has 100 valence electrons. The molecule has 5 heteroatoms. The first-order valence-corrected chi connectivity index (χ1v) is 6.08. The Morgan fingerprint density at radius 3 is 2.33 bits per heavy atom. The lowest BCUT2D eigenvalue weighted by molar-refractivity contribution is -0.130. The average molecular weight is 252 g/mol. The van der Waals surface area contributed by atoms with Crippen molar-refractivity contribution in [3.63, 3.8) is 0 Å². The maximum absolute atomic E-state index is 12.0. The summed E-state index contributed by atoms with van der Waals surface area (Å²) in [7, 11) is 1.77. The zero-order valence-electron chi connectivity index (χ0n) is 11.4. The maximum Gasteiger partial charge on any atom is 0.337 e. The van der Waals surface area contributed by atoms with Gasteiger partial charge in [0, 0.05) is 32.0 Å². The zero-order chi connectivity index (χ0) is 13.9. The number of amides is 1. The van der Waals surface area contributed by atoms with Crippen LogP contribution in [-0.4, -0.2) is 39.5 Å². The van der Waals surface area contributed by atoms with E-state index in [1.807, 2.05) is 13.8 Å². The van der Waals surface area contributed by atoms with Gasteiger partial charge in [-0.25, -0.2) is 4.79 Å². The van der Waals surface area contributed by atoms with Gasteiger partial charge in [-0.3, -0.25) is 4.79 Å². The van der Waals surface area contributed by atoms with Crippen molar-refractivity contribution in [2.24, 2.45) is 7.05 Å². The molecule has 0 saturated heterocycles. The van der Waals surface area contributed by atoms with E-state index in [1.54, 1.807) is 29.6 Å². The highest BCUT2D eigenvalue weighted by Gasteiger charge is 2.21. The number of likely N-dealkylation sites (N-methyl/N-ethyl adjacent to an activating group) is 1. The predicted molar refractivity (Wildman–Crippen MR) is 68.7 cm³/mol. The minimum absolute atomic E-state index is 0.0382. The van der Waals surface area contributed by atoms with Crippen LogP contribution in [0.1, 0.15) is 35.5 Å². The SMILES string of the molecule is CCN(CC)C(=O)Cc1c(C(=O)O)c(C)cn1C. The van der Waals surface area contributed by atoms with E-state index in [0.29, 0.717) is 24.3 Å². The van der Waals surface area contributed by atoms with Gasteiger partial charge in [-0.2, -0.15) is 0 Å². The van der Waals surface area contributed by atoms with Gasteiger partial charge in [0.05, 0.1) is 12.0 Å². The molecule has 0 aliphatic heterocycles. The molecule has 0 saturated carbocycles. The number of rotatable bonds is 5. The van der Waals surface area contributed by atoms with Crippen LogP contribution in [0.25, 0.3) is 0 Å². The molecule has 1 rings (SSSR count). The number of carbonyl (C=O) groups excluding carboxylic acids is 1. The summed E-state index contributed by atoms with van der Waals surface area (Å²) in [5.74, 6) is -1.01. The third-order valence-corrected chi connectivity index (χ3v) is 3.14. The smallest absolute Gasteiger partial charge is 0.337 e. The van der Waals surface area contributed by atoms with Crippen molar-refractivity contribution in [2.75, 3.05) is 13.1 Å². The molecular formula is C13H20N2O3. The molecule has 1 N–H and O–H groups in total. The minimum Gasteiger partial charge on any atom is -0.478 e. The molecule has 0 aliphatic rings. The largest absolute Gasteiger partial charge is 0.478 e. The molecule has 18 heavy (non-hydrogen) atoms. The fourth-order valence-electron chi connectivity index (χ4n) is 2.17. The van der Waals surface area contributed by atoms with Crippen LogP contribution in [0.3, 0.4) is 0 Å². The summed E-state index contributed by atoms with van der Waals surface area (Å²) in [4.78, 5) is 24.9. The number of hydrogen-bond acceptors (Lipinski definition) is 2. The molecule has 0 fully saturated rings. The van der Waals surface area contributed by atoms with Crippen LogP contribution >= 0.6 is 0 Å². The lowest BCUT2D eigenvalue weighted by atomic mass is 10.1. The molecule has 1 aromatic rings. The molecule has 0 aliphatic carbocycles. The van der Waals surface area contributed by atoms with Crippen molar-refractivity contribution in [1.29, 1.82) is 0 Å². The van der Waals surface area contributed by atoms with Crippen LogP contribution in [0.5, 0.6) is 0 Å². The fourth-order valence-corrected chi connectivity index (χ4v) is 2.17. The molecule has 5 nitrogen and oxygen atoms in total. The Balaban J connectivity index is 3.04. The molecule has 1 aromatic heterocycles. The summed E-state index contributed by atoms with van der Waals surface area (Å²) in [6, 6.07) is 0. The highest BCUT2D eigenvalue weighted by molar-refractivity contribution is 5.93. The van der Waals surface area contributed by atoms with Crippen LogP contribution in [0.15, 0.2) is 6.20 Å². The number of hydrogen-bond donors (Lipinski definition) is 1. The van der Waals surface area contributed by atoms with Gasteiger partial charge in [0.1, 0.15) is 0 Å². The quantitative estimate of drug-likeness (QED) is 0.862. The van der Waals surface area contributed by atoms with Gasteiger partial charge in [0.15, 0.2) is 0 Å². The van der Waals surface area contributed by atoms with Crippen molar-refractivity contribution in [1.82, 2.24) is 9.47 Å². The number of carbonyl (C=O) groups is 2. The van der Waals surface area contributed by atoms with E-state index < -0.39 is 5.97 Å². The average Bonchev–Trinajstić information content (AvgIpc) is 2.55. The molecule has 1 amide bonds. The highest BCUT2D eigenvalue weighted by atomic mass is 16.4. The number of carboxylic acid groups (broad SMARTS) is 1. The normalized spacial score (nSPS) is 10.4. The molecule has 0 aromatic carbocycles. The molecular weight excluding hydrogens is 232 g/mol. The van der Waals surface area contributed by atoms with Crippen molar-refractivity contribution in [2.45, 2.75) is 27.2 Å². The monoisotopic (exact) mass is 252 g/mol. The Labute approximate surface area is 107 Å². The van der Waals surface area contributed by atoms with Crippen molar-refractivity contribution < 1.29 is 14.7 Å². The second-order valence-corrected chi connectivity index (χ2v) is 4.29. The summed E-state index contributed by atoms with van der Waals surface area (Å²) < 4.78 is 1.72. The number of aryl methyl sites for hydroxylation is 2. The topological polar surface area (TPSA) is 62.5 Å². The van der Waals surface area contributed by atoms with Gasteiger partial charge in [-0.05, 0) is 26.3 Å². The zero-order valence-corrected chi connectivity index (χ0v) is 11.4. The van der Waals surface area contributed by atoms with Gasteiger partial charge in [-0.1, -0.05) is 0 Å². The second-order valence-electron chi connectivity index (χ2n) is 4.29. The van der Waals surface area contributed by atoms with Gasteiger partial charge in [0.25, 0.3) is 0 Å². The Morgan fingerprint density at radius 2 is 1.89 bits per heavy atom. The van der Waals surface area contributed by atoms with Gasteiger partial charge < -0.3 is 14.6 Å². The van der Waals surface area contributed by atoms with Crippen molar-refractivity contribution in [3.05, 3.63) is 23.0 Å². The Morgan fingerprint density at radius 1 is 1.33 bits per heavy atom. The van der Waals surface area contributed by atoms with E-state index in [9.17, 15) is 14.7 Å². The van der Waals surface area contributed by atoms with E-state index >= 15 is 0 Å². The lowest BCUT2D eigenvalue weighted by Crippen LogP contribution is -2.32. The lowest BCUT2D eigenvalue weighted by Gasteiger charge is -2.19. The van der Waals surface area contributed by atoms with Crippen LogP contribution in [-0.2, 0) is 18.3 Å². The third-order valence-electron chi connectivity index (χ3n) is 3.14. The van der Waals surface area contributed by atoms with Gasteiger partial charge >= 0.3 is 5.97 Å². The maximum atomic E-state index is 12.0. The van der Waals surface area contributed by atoms with Gasteiger partial charge in [0.2, 0.25) is 5.91 Å². The second kappa shape index (κ2) is 5.71. The Bertz CT molecular complexity index is 459. The number of nitrogens with zero attached hydrogens (tertiary/aromatic N) is 2. The summed E-state index contributed by atoms with van der Waals surface area (Å²) in [6.07, 6.45) is 1.88. The summed E-state index contributed by atoms with van der Waals surface area (Å²) in [6.45, 7) is 6.85. The third kappa shape index (κ3) is 2.72. The van der Waals surface area contributed by atoms with E-state index in [2.05, 4.69) is 0 Å². The van der Waals surface area contributed by atoms with E-state index in [-0.39, 0.29) is 17.9 Å². The summed E-state index contributed by atoms with van der Waals surface area (Å²) >= 11 is 0. The summed E-state index contributed by atoms with van der Waals surface area (Å²) in [5, 5.41) is 9.19. The van der Waals surface area contributed by atoms with Crippen LogP contribution in [0.4, 0.5) is 0 Å². The summed E-state index contributed by atoms with van der Waals surface area (Å²) in [5.41, 5.74) is 1.50. The highest BCUT2D eigenvalue weighted by Crippen LogP contribution is 2.17. The Kier molecular flexibility index (Phi) is 4.53. The van der Waals surface area contributed by atoms with Crippen molar-refractivity contribution in [3.8, 4) is 0 Å². The first-order valence-electron chi connectivity index (χ1n) is 6.08. The van der Waals surface area contributed by atoms with E-state index in [4.69, 9.17) is 0 Å². The van der Waals surface area contributed by atoms with E-state index in [1.165, 1.54) is 0 Å². The minimum atomic E-state index is -0.976. The molecule has 1 heterocycles. The molecule has 0 atom stereocenters. The van der Waals surface area contributed by atoms with E-state index in [0.717, 1.165) is 0 Å². The van der Waals surface area contributed by atoms with Gasteiger partial charge in [-0.15, -0.1) is 0 Å². The molecule has 0 unspecified atom stereocenters. The standard InChI is InChI=1S/C13H20N2O3/c1-5-15(6-2)11(16)7-10-12(13(17)18)9(3)8-14(10)4/h8H,5-7H2,1-4H3,(H,17,18). The number of aromatic nitrogens is 1. The molecule has 0 radical (unpaired) electrons. The molecule has 0 bridgehead atoms. The number of carboxylic acids is 1. The Hall–Kier alpha value is -1.78. The van der Waals surface area contributed by atoms with Crippen molar-refractivity contribution >= 4 is 11.9 Å². The number of aromatic carboxylic acids is 1. The predicted octanol–water partition coefficient (Wildman–Crippen LogP) is 1.44. The molecule has 0 spiro atoms. The first-order chi connectivity index (χ1) is 8.42. The fraction of sp³-hybridized carbons (Fsp3) is 0.538. The first kappa shape index (κ1) is 14.3. The van der Waals surface area contributed by atoms with Crippen LogP contribution in [0, 0.1) is 6.92 Å².